The molecule has 0 aromatic heterocycles. The maximum Gasteiger partial charge on any atom is 0.214 e. The molecule has 0 amide bonds. The molecule has 2 N–H and O–H groups in total. The Bertz CT molecular complexity index is 486. The minimum atomic E-state index is -3.40. The minimum absolute atomic E-state index is 0.0168. The molecule has 2 saturated heterocycles. The van der Waals surface area contributed by atoms with Crippen LogP contribution in [0.2, 0.25) is 0 Å². The third-order valence-corrected chi connectivity index (χ3v) is 7.47. The molecule has 2 atom stereocenters. The lowest BCUT2D eigenvalue weighted by atomic mass is 10.1. The van der Waals surface area contributed by atoms with E-state index < -0.39 is 25.1 Å². The maximum absolute atomic E-state index is 12.2. The van der Waals surface area contributed by atoms with Crippen molar-refractivity contribution in [3.8, 4) is 0 Å². The van der Waals surface area contributed by atoms with Crippen molar-refractivity contribution in [2.24, 2.45) is 5.92 Å². The summed E-state index contributed by atoms with van der Waals surface area (Å²) in [4.78, 5) is 0. The largest absolute Gasteiger partial charge is 0.315 e. The molecule has 0 bridgehead atoms. The van der Waals surface area contributed by atoms with E-state index >= 15 is 0 Å². The van der Waals surface area contributed by atoms with E-state index in [9.17, 15) is 16.8 Å². The fraction of sp³-hybridized carbons (Fsp3) is 1.00. The van der Waals surface area contributed by atoms with Gasteiger partial charge in [0.2, 0.25) is 10.0 Å². The first-order chi connectivity index (χ1) is 8.30. The molecule has 2 aliphatic heterocycles. The standard InChI is InChI=1S/C10H20N2O4S2/c1-8-6-11-7-10(8)12-18(15,16)9-2-4-17(13,14)5-3-9/h8-12H,2-7H2,1H3. The molecular formula is C10H20N2O4S2. The smallest absolute Gasteiger partial charge is 0.214 e. The Balaban J connectivity index is 1.99. The molecule has 18 heavy (non-hydrogen) atoms. The van der Waals surface area contributed by atoms with Crippen molar-refractivity contribution in [2.45, 2.75) is 31.1 Å². The van der Waals surface area contributed by atoms with E-state index in [0.29, 0.717) is 6.54 Å². The summed E-state index contributed by atoms with van der Waals surface area (Å²) in [5.41, 5.74) is 0. The highest BCUT2D eigenvalue weighted by molar-refractivity contribution is 7.92. The Labute approximate surface area is 108 Å². The van der Waals surface area contributed by atoms with Gasteiger partial charge in [-0.05, 0) is 25.3 Å². The molecule has 2 heterocycles. The lowest BCUT2D eigenvalue weighted by Crippen LogP contribution is -2.46. The van der Waals surface area contributed by atoms with Crippen LogP contribution >= 0.6 is 0 Å². The van der Waals surface area contributed by atoms with Gasteiger partial charge >= 0.3 is 0 Å². The molecule has 0 aromatic rings. The molecule has 2 aliphatic rings. The monoisotopic (exact) mass is 296 g/mol. The Morgan fingerprint density at radius 1 is 1.17 bits per heavy atom. The van der Waals surface area contributed by atoms with Crippen LogP contribution < -0.4 is 10.0 Å². The van der Waals surface area contributed by atoms with E-state index in [0.717, 1.165) is 6.54 Å². The van der Waals surface area contributed by atoms with Crippen molar-refractivity contribution < 1.29 is 16.8 Å². The van der Waals surface area contributed by atoms with E-state index in [1.54, 1.807) is 0 Å². The fourth-order valence-electron chi connectivity index (χ4n) is 2.45. The van der Waals surface area contributed by atoms with Crippen LogP contribution in [0, 0.1) is 5.92 Å². The molecule has 2 fully saturated rings. The molecule has 0 saturated carbocycles. The minimum Gasteiger partial charge on any atom is -0.315 e. The number of sulfone groups is 1. The molecule has 106 valence electrons. The summed E-state index contributed by atoms with van der Waals surface area (Å²) < 4.78 is 49.6. The molecule has 2 rings (SSSR count). The second kappa shape index (κ2) is 5.07. The summed E-state index contributed by atoms with van der Waals surface area (Å²) in [6.07, 6.45) is 0.429. The zero-order valence-electron chi connectivity index (χ0n) is 10.4. The third kappa shape index (κ3) is 3.23. The van der Waals surface area contributed by atoms with Crippen LogP contribution in [0.4, 0.5) is 0 Å². The summed E-state index contributed by atoms with van der Waals surface area (Å²) in [5, 5.41) is 2.58. The fourth-order valence-corrected chi connectivity index (χ4v) is 6.03. The quantitative estimate of drug-likeness (QED) is 0.703. The van der Waals surface area contributed by atoms with Crippen LogP contribution in [0.15, 0.2) is 0 Å². The topological polar surface area (TPSA) is 92.3 Å². The van der Waals surface area contributed by atoms with Crippen molar-refractivity contribution in [3.05, 3.63) is 0 Å². The van der Waals surface area contributed by atoms with Gasteiger partial charge in [0, 0.05) is 12.6 Å². The number of sulfonamides is 1. The van der Waals surface area contributed by atoms with Crippen LogP contribution in [-0.2, 0) is 19.9 Å². The summed E-state index contributed by atoms with van der Waals surface area (Å²) in [6, 6.07) is -0.0754. The first kappa shape index (κ1) is 14.2. The van der Waals surface area contributed by atoms with Crippen LogP contribution in [0.1, 0.15) is 19.8 Å². The SMILES string of the molecule is CC1CNCC1NS(=O)(=O)C1CCS(=O)(=O)CC1. The normalized spacial score (nSPS) is 33.6. The zero-order chi connectivity index (χ0) is 13.4. The summed E-state index contributed by atoms with van der Waals surface area (Å²) in [7, 11) is -6.42. The van der Waals surface area contributed by atoms with Gasteiger partial charge in [-0.1, -0.05) is 6.92 Å². The zero-order valence-corrected chi connectivity index (χ0v) is 12.1. The van der Waals surface area contributed by atoms with E-state index in [2.05, 4.69) is 10.0 Å². The highest BCUT2D eigenvalue weighted by atomic mass is 32.2. The van der Waals surface area contributed by atoms with Crippen LogP contribution in [0.3, 0.4) is 0 Å². The molecular weight excluding hydrogens is 276 g/mol. The van der Waals surface area contributed by atoms with Gasteiger partial charge in [0.25, 0.3) is 0 Å². The number of hydrogen-bond donors (Lipinski definition) is 2. The van der Waals surface area contributed by atoms with Crippen molar-refractivity contribution in [1.82, 2.24) is 10.0 Å². The average molecular weight is 296 g/mol. The van der Waals surface area contributed by atoms with E-state index in [-0.39, 0.29) is 36.3 Å². The maximum atomic E-state index is 12.2. The van der Waals surface area contributed by atoms with Crippen molar-refractivity contribution in [2.75, 3.05) is 24.6 Å². The molecule has 0 radical (unpaired) electrons. The van der Waals surface area contributed by atoms with Gasteiger partial charge in [-0.15, -0.1) is 0 Å². The lowest BCUT2D eigenvalue weighted by Gasteiger charge is -2.25. The Morgan fingerprint density at radius 3 is 2.28 bits per heavy atom. The Kier molecular flexibility index (Phi) is 4.01. The summed E-state index contributed by atoms with van der Waals surface area (Å²) in [6.45, 7) is 3.45. The average Bonchev–Trinajstić information content (AvgIpc) is 2.63. The molecule has 0 aliphatic carbocycles. The Hall–Kier alpha value is -0.180. The molecule has 6 nitrogen and oxygen atoms in total. The first-order valence-corrected chi connectivity index (χ1v) is 9.59. The van der Waals surface area contributed by atoms with Crippen LogP contribution in [0.5, 0.6) is 0 Å². The van der Waals surface area contributed by atoms with Gasteiger partial charge in [-0.3, -0.25) is 0 Å². The van der Waals surface area contributed by atoms with E-state index in [1.165, 1.54) is 0 Å². The van der Waals surface area contributed by atoms with Crippen LogP contribution in [0.25, 0.3) is 0 Å². The molecule has 0 aromatic carbocycles. The van der Waals surface area contributed by atoms with Gasteiger partial charge in [-0.2, -0.15) is 0 Å². The lowest BCUT2D eigenvalue weighted by molar-refractivity contribution is 0.489. The van der Waals surface area contributed by atoms with Gasteiger partial charge in [0.05, 0.1) is 16.8 Å². The van der Waals surface area contributed by atoms with Gasteiger partial charge in [0.1, 0.15) is 9.84 Å². The second-order valence-electron chi connectivity index (χ2n) is 5.26. The highest BCUT2D eigenvalue weighted by Gasteiger charge is 2.35. The molecule has 2 unspecified atom stereocenters. The van der Waals surface area contributed by atoms with E-state index in [4.69, 9.17) is 0 Å². The van der Waals surface area contributed by atoms with Crippen LogP contribution in [-0.4, -0.2) is 52.7 Å². The predicted molar refractivity (Wildman–Crippen MR) is 69.6 cm³/mol. The summed E-state index contributed by atoms with van der Waals surface area (Å²) >= 11 is 0. The Morgan fingerprint density at radius 2 is 1.78 bits per heavy atom. The molecule has 0 spiro atoms. The number of rotatable bonds is 3. The number of nitrogens with one attached hydrogen (secondary N) is 2. The number of hydrogen-bond acceptors (Lipinski definition) is 5. The van der Waals surface area contributed by atoms with E-state index in [1.807, 2.05) is 6.92 Å². The predicted octanol–water partition coefficient (Wildman–Crippen LogP) is -0.909. The third-order valence-electron chi connectivity index (χ3n) is 3.77. The van der Waals surface area contributed by atoms with Crippen molar-refractivity contribution in [3.63, 3.8) is 0 Å². The summed E-state index contributed by atoms with van der Waals surface area (Å²) in [5.74, 6) is 0.237. The van der Waals surface area contributed by atoms with Crippen molar-refractivity contribution in [1.29, 1.82) is 0 Å². The molecule has 8 heteroatoms. The van der Waals surface area contributed by atoms with Crippen molar-refractivity contribution >= 4 is 19.9 Å². The highest BCUT2D eigenvalue weighted by Crippen LogP contribution is 2.20. The van der Waals surface area contributed by atoms with Gasteiger partial charge in [0.15, 0.2) is 0 Å². The second-order valence-corrected chi connectivity index (χ2v) is 9.55. The first-order valence-electron chi connectivity index (χ1n) is 6.22. The van der Waals surface area contributed by atoms with Gasteiger partial charge < -0.3 is 5.32 Å². The van der Waals surface area contributed by atoms with Gasteiger partial charge in [-0.25, -0.2) is 21.6 Å².